The molecule has 1 N–H and O–H groups in total. The Morgan fingerprint density at radius 2 is 1.63 bits per heavy atom. The van der Waals surface area contributed by atoms with E-state index in [-0.39, 0.29) is 18.8 Å². The monoisotopic (exact) mass is 477 g/mol. The van der Waals surface area contributed by atoms with Crippen molar-refractivity contribution in [3.05, 3.63) is 94.1 Å². The molecule has 0 spiro atoms. The average molecular weight is 478 g/mol. The molecule has 0 unspecified atom stereocenters. The number of carbonyl (C=O) groups is 3. The Kier molecular flexibility index (Phi) is 7.15. The van der Waals surface area contributed by atoms with E-state index in [1.54, 1.807) is 32.9 Å². The molecule has 4 rings (SSSR count). The number of benzene rings is 2. The van der Waals surface area contributed by atoms with Gasteiger partial charge in [0.2, 0.25) is 0 Å². The van der Waals surface area contributed by atoms with Gasteiger partial charge in [-0.15, -0.1) is 0 Å². The van der Waals surface area contributed by atoms with Gasteiger partial charge in [0, 0.05) is 28.8 Å². The number of Topliss-reactive ketones (excluding diaryl/α,β-unsaturated/α-hetero) is 1. The average Bonchev–Trinajstić information content (AvgIpc) is 2.84. The Balaban J connectivity index is 1.89. The van der Waals surface area contributed by atoms with Gasteiger partial charge in [-0.3, -0.25) is 9.59 Å². The first-order valence-electron chi connectivity index (χ1n) is 11.8. The lowest BCUT2D eigenvalue weighted by atomic mass is 9.67. The lowest BCUT2D eigenvalue weighted by molar-refractivity contribution is -0.152. The van der Waals surface area contributed by atoms with Gasteiger partial charge in [-0.2, -0.15) is 0 Å². The molecule has 35 heavy (non-hydrogen) atoms. The molecule has 0 saturated heterocycles. The predicted octanol–water partition coefficient (Wildman–Crippen LogP) is 4.54. The molecule has 2 aromatic carbocycles. The molecule has 2 aromatic rings. The minimum atomic E-state index is -1.07. The summed E-state index contributed by atoms with van der Waals surface area (Å²) in [4.78, 5) is 40.2. The second-order valence-corrected chi connectivity index (χ2v) is 8.58. The third-order valence-electron chi connectivity index (χ3n) is 6.49. The Hall–Kier alpha value is -3.74. The molecule has 6 nitrogen and oxygen atoms in total. The van der Waals surface area contributed by atoms with E-state index < -0.39 is 41.3 Å². The van der Waals surface area contributed by atoms with Crippen LogP contribution in [0.3, 0.4) is 0 Å². The number of rotatable bonds is 6. The van der Waals surface area contributed by atoms with Crippen LogP contribution in [0.1, 0.15) is 50.2 Å². The Labute approximate surface area is 203 Å². The summed E-state index contributed by atoms with van der Waals surface area (Å²) in [6, 6.07) is 15.1. The smallest absolute Gasteiger partial charge is 0.336 e. The van der Waals surface area contributed by atoms with Crippen molar-refractivity contribution < 1.29 is 28.2 Å². The largest absolute Gasteiger partial charge is 0.465 e. The Morgan fingerprint density at radius 3 is 2.26 bits per heavy atom. The van der Waals surface area contributed by atoms with Gasteiger partial charge in [-0.1, -0.05) is 42.5 Å². The SMILES string of the molecule is CCOC(=O)C1=C(C)NC2=C(C(=O)[C@@H](C(=O)OCC)[C@H](c3ccccc3)C2)[C@@H]1c1ccc(F)cc1. The number of carbonyl (C=O) groups excluding carboxylic acids is 3. The van der Waals surface area contributed by atoms with Crippen LogP contribution in [0.5, 0.6) is 0 Å². The molecule has 3 atom stereocenters. The van der Waals surface area contributed by atoms with E-state index in [9.17, 15) is 18.8 Å². The van der Waals surface area contributed by atoms with E-state index in [1.807, 2.05) is 30.3 Å². The van der Waals surface area contributed by atoms with Crippen molar-refractivity contribution >= 4 is 17.7 Å². The molecule has 0 aromatic heterocycles. The first-order valence-corrected chi connectivity index (χ1v) is 11.8. The fourth-order valence-electron chi connectivity index (χ4n) is 5.02. The molecule has 1 aliphatic heterocycles. The first kappa shape index (κ1) is 24.4. The minimum Gasteiger partial charge on any atom is -0.465 e. The number of allylic oxidation sites excluding steroid dienone is 3. The van der Waals surface area contributed by atoms with E-state index >= 15 is 0 Å². The van der Waals surface area contributed by atoms with Crippen LogP contribution in [-0.4, -0.2) is 30.9 Å². The second kappa shape index (κ2) is 10.3. The summed E-state index contributed by atoms with van der Waals surface area (Å²) < 4.78 is 24.4. The summed E-state index contributed by atoms with van der Waals surface area (Å²) in [5.41, 5.74) is 3.21. The number of esters is 2. The lowest BCUT2D eigenvalue weighted by Gasteiger charge is -2.39. The highest BCUT2D eigenvalue weighted by molar-refractivity contribution is 6.13. The molecule has 7 heteroatoms. The van der Waals surface area contributed by atoms with Crippen LogP contribution < -0.4 is 5.32 Å². The van der Waals surface area contributed by atoms with Crippen molar-refractivity contribution in [3.8, 4) is 0 Å². The highest BCUT2D eigenvalue weighted by Crippen LogP contribution is 2.48. The number of nitrogens with one attached hydrogen (secondary N) is 1. The van der Waals surface area contributed by atoms with Crippen molar-refractivity contribution in [1.82, 2.24) is 5.32 Å². The van der Waals surface area contributed by atoms with E-state index in [4.69, 9.17) is 9.47 Å². The molecule has 1 heterocycles. The third kappa shape index (κ3) is 4.63. The second-order valence-electron chi connectivity index (χ2n) is 8.58. The number of hydrogen-bond acceptors (Lipinski definition) is 6. The van der Waals surface area contributed by atoms with Crippen LogP contribution in [0.15, 0.2) is 77.1 Å². The first-order chi connectivity index (χ1) is 16.9. The summed E-state index contributed by atoms with van der Waals surface area (Å²) in [5.74, 6) is -4.30. The maximum absolute atomic E-state index is 14.1. The van der Waals surface area contributed by atoms with Crippen LogP contribution >= 0.6 is 0 Å². The highest BCUT2D eigenvalue weighted by atomic mass is 19.1. The Bertz CT molecular complexity index is 1200. The molecule has 0 amide bonds. The molecule has 0 saturated carbocycles. The zero-order valence-corrected chi connectivity index (χ0v) is 20.0. The van der Waals surface area contributed by atoms with Gasteiger partial charge in [-0.05, 0) is 50.5 Å². The fourth-order valence-corrected chi connectivity index (χ4v) is 5.02. The van der Waals surface area contributed by atoms with Crippen LogP contribution in [0, 0.1) is 11.7 Å². The summed E-state index contributed by atoms with van der Waals surface area (Å²) in [5, 5.41) is 3.25. The standard InChI is InChI=1S/C28H28FNO5/c1-4-34-27(32)22-16(3)30-21-15-20(17-9-7-6-8-10-17)24(28(33)35-5-2)26(31)25(21)23(22)18-11-13-19(29)14-12-18/h6-14,20,23-24,30H,4-5,15H2,1-3H3/t20-,23+,24-/m0/s1. The van der Waals surface area contributed by atoms with Crippen LogP contribution in [0.2, 0.25) is 0 Å². The normalized spacial score (nSPS) is 21.8. The maximum atomic E-state index is 14.1. The summed E-state index contributed by atoms with van der Waals surface area (Å²) >= 11 is 0. The number of ketones is 1. The minimum absolute atomic E-state index is 0.142. The van der Waals surface area contributed by atoms with Gasteiger partial charge in [0.25, 0.3) is 0 Å². The van der Waals surface area contributed by atoms with E-state index in [2.05, 4.69) is 5.32 Å². The Morgan fingerprint density at radius 1 is 0.971 bits per heavy atom. The quantitative estimate of drug-likeness (QED) is 0.486. The maximum Gasteiger partial charge on any atom is 0.336 e. The topological polar surface area (TPSA) is 81.7 Å². The van der Waals surface area contributed by atoms with Crippen molar-refractivity contribution in [2.75, 3.05) is 13.2 Å². The van der Waals surface area contributed by atoms with Crippen LogP contribution in [-0.2, 0) is 23.9 Å². The van der Waals surface area contributed by atoms with Gasteiger partial charge in [-0.25, -0.2) is 9.18 Å². The molecule has 0 bridgehead atoms. The van der Waals surface area contributed by atoms with Crippen molar-refractivity contribution in [2.45, 2.75) is 39.0 Å². The summed E-state index contributed by atoms with van der Waals surface area (Å²) in [6.45, 7) is 5.46. The highest BCUT2D eigenvalue weighted by Gasteiger charge is 2.49. The van der Waals surface area contributed by atoms with Gasteiger partial charge < -0.3 is 14.8 Å². The zero-order chi connectivity index (χ0) is 25.1. The number of hydrogen-bond donors (Lipinski definition) is 1. The number of dihydropyridines is 1. The predicted molar refractivity (Wildman–Crippen MR) is 128 cm³/mol. The van der Waals surface area contributed by atoms with Gasteiger partial charge in [0.1, 0.15) is 11.7 Å². The number of halogens is 1. The molecular weight excluding hydrogens is 449 g/mol. The van der Waals surface area contributed by atoms with Crippen molar-refractivity contribution in [3.63, 3.8) is 0 Å². The van der Waals surface area contributed by atoms with Crippen LogP contribution in [0.25, 0.3) is 0 Å². The van der Waals surface area contributed by atoms with Crippen molar-refractivity contribution in [1.29, 1.82) is 0 Å². The molecule has 182 valence electrons. The molecule has 1 aliphatic carbocycles. The summed E-state index contributed by atoms with van der Waals surface area (Å²) in [7, 11) is 0. The van der Waals surface area contributed by atoms with Crippen molar-refractivity contribution in [2.24, 2.45) is 5.92 Å². The third-order valence-corrected chi connectivity index (χ3v) is 6.49. The van der Waals surface area contributed by atoms with Gasteiger partial charge in [0.15, 0.2) is 5.78 Å². The molecule has 0 radical (unpaired) electrons. The van der Waals surface area contributed by atoms with E-state index in [0.29, 0.717) is 29.0 Å². The fraction of sp³-hybridized carbons (Fsp3) is 0.321. The van der Waals surface area contributed by atoms with Gasteiger partial charge >= 0.3 is 11.9 Å². The summed E-state index contributed by atoms with van der Waals surface area (Å²) in [6.07, 6.45) is 0.375. The van der Waals surface area contributed by atoms with Crippen LogP contribution in [0.4, 0.5) is 4.39 Å². The zero-order valence-electron chi connectivity index (χ0n) is 20.0. The molecular formula is C28H28FNO5. The van der Waals surface area contributed by atoms with E-state index in [0.717, 1.165) is 5.56 Å². The lowest BCUT2D eigenvalue weighted by Crippen LogP contribution is -2.43. The molecule has 2 aliphatic rings. The van der Waals surface area contributed by atoms with E-state index in [1.165, 1.54) is 12.1 Å². The molecule has 0 fully saturated rings. The van der Waals surface area contributed by atoms with Gasteiger partial charge in [0.05, 0.1) is 18.8 Å². The number of ether oxygens (including phenoxy) is 2.